The zero-order chi connectivity index (χ0) is 15.2. The summed E-state index contributed by atoms with van der Waals surface area (Å²) in [6.45, 7) is 9.17. The van der Waals surface area contributed by atoms with Crippen molar-refractivity contribution in [1.29, 1.82) is 0 Å². The van der Waals surface area contributed by atoms with E-state index in [1.54, 1.807) is 0 Å². The summed E-state index contributed by atoms with van der Waals surface area (Å²) in [7, 11) is 0. The molecule has 0 bridgehead atoms. The normalized spacial score (nSPS) is 11.0. The zero-order valence-corrected chi connectivity index (χ0v) is 13.4. The maximum Gasteiger partial charge on any atom is 0.122 e. The highest BCUT2D eigenvalue weighted by Crippen LogP contribution is 2.25. The van der Waals surface area contributed by atoms with Crippen molar-refractivity contribution < 1.29 is 4.74 Å². The molecule has 0 saturated heterocycles. The highest BCUT2D eigenvalue weighted by atomic mass is 16.5. The van der Waals surface area contributed by atoms with Gasteiger partial charge in [0.2, 0.25) is 0 Å². The van der Waals surface area contributed by atoms with Gasteiger partial charge in [-0.15, -0.1) is 0 Å². The van der Waals surface area contributed by atoms with Gasteiger partial charge in [-0.3, -0.25) is 0 Å². The van der Waals surface area contributed by atoms with Crippen molar-refractivity contribution in [3.63, 3.8) is 0 Å². The lowest BCUT2D eigenvalue weighted by atomic mass is 10.0. The Labute approximate surface area is 128 Å². The van der Waals surface area contributed by atoms with Crippen LogP contribution in [0.2, 0.25) is 0 Å². The van der Waals surface area contributed by atoms with Crippen LogP contribution in [0.25, 0.3) is 12.2 Å². The minimum atomic E-state index is 0.708. The summed E-state index contributed by atoms with van der Waals surface area (Å²) in [5.41, 5.74) is 6.36. The van der Waals surface area contributed by atoms with Crippen molar-refractivity contribution in [2.24, 2.45) is 0 Å². The molecule has 0 aliphatic heterocycles. The van der Waals surface area contributed by atoms with Crippen LogP contribution in [0, 0.1) is 13.8 Å². The number of ether oxygens (including phenoxy) is 1. The molecule has 0 aromatic heterocycles. The number of hydrogen-bond acceptors (Lipinski definition) is 1. The molecule has 0 amide bonds. The summed E-state index contributed by atoms with van der Waals surface area (Å²) in [5, 5.41) is 0. The molecule has 2 aromatic carbocycles. The second-order valence-electron chi connectivity index (χ2n) is 5.26. The fourth-order valence-electron chi connectivity index (χ4n) is 2.36. The van der Waals surface area contributed by atoms with Crippen molar-refractivity contribution in [3.05, 3.63) is 64.2 Å². The fourth-order valence-corrected chi connectivity index (χ4v) is 2.36. The average molecular weight is 280 g/mol. The van der Waals surface area contributed by atoms with Crippen molar-refractivity contribution in [2.75, 3.05) is 6.61 Å². The van der Waals surface area contributed by atoms with E-state index in [0.717, 1.165) is 12.2 Å². The first-order chi connectivity index (χ1) is 10.2. The Hall–Kier alpha value is -2.02. The molecule has 2 aromatic rings. The highest BCUT2D eigenvalue weighted by molar-refractivity contribution is 5.72. The van der Waals surface area contributed by atoms with E-state index in [9.17, 15) is 0 Å². The lowest BCUT2D eigenvalue weighted by molar-refractivity contribution is 0.337. The van der Waals surface area contributed by atoms with E-state index in [1.165, 1.54) is 27.8 Å². The first-order valence-electron chi connectivity index (χ1n) is 7.65. The van der Waals surface area contributed by atoms with Crippen LogP contribution in [0.4, 0.5) is 0 Å². The van der Waals surface area contributed by atoms with Gasteiger partial charge in [-0.05, 0) is 61.1 Å². The standard InChI is InChI=1S/C20H24O/c1-5-17-7-9-18(10-8-17)11-12-19-13-14-20(21-6-2)16(4)15(19)3/h7-14H,5-6H2,1-4H3. The van der Waals surface area contributed by atoms with Gasteiger partial charge in [0, 0.05) is 0 Å². The van der Waals surface area contributed by atoms with Crippen molar-refractivity contribution in [3.8, 4) is 5.75 Å². The van der Waals surface area contributed by atoms with Crippen LogP contribution in [0.3, 0.4) is 0 Å². The van der Waals surface area contributed by atoms with Crippen LogP contribution in [-0.2, 0) is 6.42 Å². The van der Waals surface area contributed by atoms with E-state index >= 15 is 0 Å². The molecular formula is C20H24O. The summed E-state index contributed by atoms with van der Waals surface area (Å²) in [5.74, 6) is 0.986. The van der Waals surface area contributed by atoms with Gasteiger partial charge in [-0.25, -0.2) is 0 Å². The molecular weight excluding hydrogens is 256 g/mol. The summed E-state index contributed by atoms with van der Waals surface area (Å²) >= 11 is 0. The maximum absolute atomic E-state index is 5.64. The molecule has 0 spiro atoms. The van der Waals surface area contributed by atoms with Crippen molar-refractivity contribution >= 4 is 12.2 Å². The van der Waals surface area contributed by atoms with E-state index in [4.69, 9.17) is 4.74 Å². The predicted octanol–water partition coefficient (Wildman–Crippen LogP) is 5.43. The minimum Gasteiger partial charge on any atom is -0.494 e. The second kappa shape index (κ2) is 7.12. The molecule has 0 aliphatic rings. The molecule has 0 aliphatic carbocycles. The molecule has 0 atom stereocenters. The number of hydrogen-bond donors (Lipinski definition) is 0. The molecule has 0 fully saturated rings. The Morgan fingerprint density at radius 3 is 2.19 bits per heavy atom. The Kier molecular flexibility index (Phi) is 5.21. The van der Waals surface area contributed by atoms with E-state index in [-0.39, 0.29) is 0 Å². The van der Waals surface area contributed by atoms with E-state index in [1.807, 2.05) is 6.92 Å². The van der Waals surface area contributed by atoms with E-state index in [2.05, 4.69) is 69.3 Å². The number of aryl methyl sites for hydroxylation is 1. The first-order valence-corrected chi connectivity index (χ1v) is 7.65. The molecule has 21 heavy (non-hydrogen) atoms. The van der Waals surface area contributed by atoms with Gasteiger partial charge in [0.05, 0.1) is 6.61 Å². The average Bonchev–Trinajstić information content (AvgIpc) is 2.52. The molecule has 0 heterocycles. The first kappa shape index (κ1) is 15.4. The van der Waals surface area contributed by atoms with E-state index < -0.39 is 0 Å². The lowest BCUT2D eigenvalue weighted by Crippen LogP contribution is -1.96. The highest BCUT2D eigenvalue weighted by Gasteiger charge is 2.04. The van der Waals surface area contributed by atoms with Crippen LogP contribution in [0.15, 0.2) is 36.4 Å². The van der Waals surface area contributed by atoms with Crippen LogP contribution in [-0.4, -0.2) is 6.61 Å². The molecule has 1 heteroatoms. The molecule has 110 valence electrons. The summed E-state index contributed by atoms with van der Waals surface area (Å²) in [4.78, 5) is 0. The van der Waals surface area contributed by atoms with Gasteiger partial charge in [-0.2, -0.15) is 0 Å². The van der Waals surface area contributed by atoms with Gasteiger partial charge < -0.3 is 4.74 Å². The monoisotopic (exact) mass is 280 g/mol. The summed E-state index contributed by atoms with van der Waals surface area (Å²) in [6.07, 6.45) is 5.43. The smallest absolute Gasteiger partial charge is 0.122 e. The Morgan fingerprint density at radius 1 is 0.857 bits per heavy atom. The van der Waals surface area contributed by atoms with Crippen LogP contribution in [0.5, 0.6) is 5.75 Å². The SMILES string of the molecule is CCOc1ccc(C=Cc2ccc(CC)cc2)c(C)c1C. The maximum atomic E-state index is 5.64. The Balaban J connectivity index is 2.22. The quantitative estimate of drug-likeness (QED) is 0.663. The molecule has 1 nitrogen and oxygen atoms in total. The third kappa shape index (κ3) is 3.75. The fraction of sp³-hybridized carbons (Fsp3) is 0.300. The second-order valence-corrected chi connectivity index (χ2v) is 5.26. The van der Waals surface area contributed by atoms with Crippen molar-refractivity contribution in [1.82, 2.24) is 0 Å². The minimum absolute atomic E-state index is 0.708. The summed E-state index contributed by atoms with van der Waals surface area (Å²) in [6, 6.07) is 12.9. The van der Waals surface area contributed by atoms with Gasteiger partial charge in [0.25, 0.3) is 0 Å². The Morgan fingerprint density at radius 2 is 1.57 bits per heavy atom. The lowest BCUT2D eigenvalue weighted by Gasteiger charge is -2.11. The number of rotatable bonds is 5. The third-order valence-electron chi connectivity index (χ3n) is 3.92. The van der Waals surface area contributed by atoms with E-state index in [0.29, 0.717) is 6.61 Å². The van der Waals surface area contributed by atoms with Crippen molar-refractivity contribution in [2.45, 2.75) is 34.1 Å². The molecule has 0 saturated carbocycles. The van der Waals surface area contributed by atoms with Gasteiger partial charge in [0.15, 0.2) is 0 Å². The van der Waals surface area contributed by atoms with Crippen LogP contribution >= 0.6 is 0 Å². The molecule has 0 N–H and O–H groups in total. The van der Waals surface area contributed by atoms with Crippen LogP contribution < -0.4 is 4.74 Å². The molecule has 0 radical (unpaired) electrons. The molecule has 0 unspecified atom stereocenters. The van der Waals surface area contributed by atoms with Gasteiger partial charge in [0.1, 0.15) is 5.75 Å². The van der Waals surface area contributed by atoms with Crippen LogP contribution in [0.1, 0.15) is 41.7 Å². The van der Waals surface area contributed by atoms with Gasteiger partial charge >= 0.3 is 0 Å². The zero-order valence-electron chi connectivity index (χ0n) is 13.4. The van der Waals surface area contributed by atoms with Gasteiger partial charge in [-0.1, -0.05) is 49.4 Å². The summed E-state index contributed by atoms with van der Waals surface area (Å²) < 4.78 is 5.64. The number of benzene rings is 2. The molecule has 2 rings (SSSR count). The third-order valence-corrected chi connectivity index (χ3v) is 3.92. The topological polar surface area (TPSA) is 9.23 Å². The largest absolute Gasteiger partial charge is 0.494 e. The predicted molar refractivity (Wildman–Crippen MR) is 91.8 cm³/mol. The Bertz CT molecular complexity index is 621.